The van der Waals surface area contributed by atoms with E-state index in [0.717, 1.165) is 36.4 Å². The van der Waals surface area contributed by atoms with Gasteiger partial charge in [0.1, 0.15) is 0 Å². The molecule has 3 aliphatic heterocycles. The van der Waals surface area contributed by atoms with Gasteiger partial charge in [0, 0.05) is 35.3 Å². The normalized spacial score (nSPS) is 36.5. The summed E-state index contributed by atoms with van der Waals surface area (Å²) in [5, 5.41) is 12.0. The number of fused-ring (bicyclic) bond motifs is 2. The predicted octanol–water partition coefficient (Wildman–Crippen LogP) is 3.10. The minimum Gasteiger partial charge on any atom is -0.378 e. The van der Waals surface area contributed by atoms with E-state index in [4.69, 9.17) is 4.74 Å². The summed E-state index contributed by atoms with van der Waals surface area (Å²) in [6, 6.07) is 0. The molecule has 1 saturated heterocycles. The van der Waals surface area contributed by atoms with Crippen LogP contribution in [-0.4, -0.2) is 25.0 Å². The first kappa shape index (κ1) is 14.1. The van der Waals surface area contributed by atoms with Crippen LogP contribution in [0.5, 0.6) is 0 Å². The van der Waals surface area contributed by atoms with E-state index in [1.165, 1.54) is 5.57 Å². The lowest BCUT2D eigenvalue weighted by atomic mass is 9.59. The summed E-state index contributed by atoms with van der Waals surface area (Å²) in [5.74, 6) is 1.18. The van der Waals surface area contributed by atoms with Crippen LogP contribution in [-0.2, 0) is 9.53 Å². The lowest BCUT2D eigenvalue weighted by Gasteiger charge is -2.48. The lowest BCUT2D eigenvalue weighted by molar-refractivity contribution is -0.120. The molecule has 22 heavy (non-hydrogen) atoms. The molecule has 0 aromatic heterocycles. The number of dihydropyridines is 1. The van der Waals surface area contributed by atoms with Gasteiger partial charge < -0.3 is 10.1 Å². The number of allylic oxidation sites excluding steroid dienone is 2. The maximum absolute atomic E-state index is 13.0. The molecular formula is C17H23N3O2. The number of hydrogen-bond donors (Lipinski definition) is 1. The molecule has 4 aliphatic rings. The maximum atomic E-state index is 13.0. The summed E-state index contributed by atoms with van der Waals surface area (Å²) in [5.41, 5.74) is 3.09. The van der Waals surface area contributed by atoms with Crippen molar-refractivity contribution < 1.29 is 9.53 Å². The SMILES string of the molecule is C[C@H]1C[C@]2(CCO1)C1=C(N=NC1)NC1=C2C(=O)CC(C)(C)C1. The van der Waals surface area contributed by atoms with Crippen molar-refractivity contribution in [3.63, 3.8) is 0 Å². The molecule has 1 spiro atoms. The van der Waals surface area contributed by atoms with Gasteiger partial charge in [-0.05, 0) is 31.6 Å². The minimum atomic E-state index is -0.204. The van der Waals surface area contributed by atoms with E-state index in [-0.39, 0.29) is 16.9 Å². The van der Waals surface area contributed by atoms with E-state index >= 15 is 0 Å². The monoisotopic (exact) mass is 301 g/mol. The Morgan fingerprint density at radius 3 is 2.91 bits per heavy atom. The number of carbonyl (C=O) groups excluding carboxylic acids is 1. The van der Waals surface area contributed by atoms with E-state index < -0.39 is 0 Å². The Morgan fingerprint density at radius 1 is 1.32 bits per heavy atom. The van der Waals surface area contributed by atoms with Crippen molar-refractivity contribution in [2.45, 2.75) is 52.6 Å². The standard InChI is InChI=1S/C17H23N3O2/c1-10-6-17(4-5-22-10)11-9-18-20-15(11)19-12-7-16(2,3)8-13(21)14(12)17/h10,19H,4-9H2,1-3H3/t10-,17+/m0/s1. The fourth-order valence-electron chi connectivity index (χ4n) is 4.65. The summed E-state index contributed by atoms with van der Waals surface area (Å²) in [7, 11) is 0. The average molecular weight is 301 g/mol. The van der Waals surface area contributed by atoms with Crippen LogP contribution >= 0.6 is 0 Å². The Morgan fingerprint density at radius 2 is 2.14 bits per heavy atom. The van der Waals surface area contributed by atoms with Crippen LogP contribution in [0.25, 0.3) is 0 Å². The third kappa shape index (κ3) is 1.91. The molecule has 1 N–H and O–H groups in total. The van der Waals surface area contributed by atoms with E-state index in [9.17, 15) is 4.79 Å². The van der Waals surface area contributed by atoms with Gasteiger partial charge in [-0.3, -0.25) is 4.79 Å². The van der Waals surface area contributed by atoms with E-state index in [2.05, 4.69) is 36.3 Å². The highest BCUT2D eigenvalue weighted by Crippen LogP contribution is 2.55. The zero-order chi connectivity index (χ0) is 15.5. The number of azo groups is 1. The molecule has 4 rings (SSSR count). The Balaban J connectivity index is 1.86. The number of carbonyl (C=O) groups is 1. The molecule has 0 aromatic carbocycles. The van der Waals surface area contributed by atoms with E-state index in [1.807, 2.05) is 0 Å². The molecule has 0 aromatic rings. The predicted molar refractivity (Wildman–Crippen MR) is 82.0 cm³/mol. The third-order valence-corrected chi connectivity index (χ3v) is 5.45. The van der Waals surface area contributed by atoms with Crippen molar-refractivity contribution in [2.24, 2.45) is 21.1 Å². The summed E-state index contributed by atoms with van der Waals surface area (Å²) in [4.78, 5) is 13.0. The highest BCUT2D eigenvalue weighted by molar-refractivity contribution is 6.00. The van der Waals surface area contributed by atoms with Gasteiger partial charge in [0.15, 0.2) is 11.6 Å². The molecule has 0 radical (unpaired) electrons. The number of nitrogens with one attached hydrogen (secondary N) is 1. The van der Waals surface area contributed by atoms with Crippen LogP contribution in [0.15, 0.2) is 32.9 Å². The molecule has 0 bridgehead atoms. The summed E-state index contributed by atoms with van der Waals surface area (Å²) < 4.78 is 5.77. The zero-order valence-corrected chi connectivity index (χ0v) is 13.5. The summed E-state index contributed by atoms with van der Waals surface area (Å²) >= 11 is 0. The van der Waals surface area contributed by atoms with Gasteiger partial charge in [0.25, 0.3) is 0 Å². The number of ether oxygens (including phenoxy) is 1. The topological polar surface area (TPSA) is 63.1 Å². The molecule has 118 valence electrons. The minimum absolute atomic E-state index is 0.00863. The average Bonchev–Trinajstić information content (AvgIpc) is 2.85. The summed E-state index contributed by atoms with van der Waals surface area (Å²) in [6.07, 6.45) is 3.42. The first-order valence-electron chi connectivity index (χ1n) is 8.18. The molecule has 5 nitrogen and oxygen atoms in total. The molecule has 2 atom stereocenters. The van der Waals surface area contributed by atoms with Gasteiger partial charge in [0.2, 0.25) is 0 Å². The highest BCUT2D eigenvalue weighted by Gasteiger charge is 2.52. The second-order valence-corrected chi connectivity index (χ2v) is 7.86. The Bertz CT molecular complexity index is 644. The van der Waals surface area contributed by atoms with Gasteiger partial charge in [0.05, 0.1) is 12.6 Å². The van der Waals surface area contributed by atoms with Crippen LogP contribution in [0.3, 0.4) is 0 Å². The molecule has 0 unspecified atom stereocenters. The third-order valence-electron chi connectivity index (χ3n) is 5.45. The van der Waals surface area contributed by atoms with Crippen LogP contribution in [0.2, 0.25) is 0 Å². The van der Waals surface area contributed by atoms with Crippen LogP contribution in [0.1, 0.15) is 46.5 Å². The molecule has 5 heteroatoms. The van der Waals surface area contributed by atoms with Gasteiger partial charge in [-0.25, -0.2) is 0 Å². The van der Waals surface area contributed by atoms with Gasteiger partial charge in [-0.1, -0.05) is 13.8 Å². The Labute approximate surface area is 130 Å². The fraction of sp³-hybridized carbons (Fsp3) is 0.706. The van der Waals surface area contributed by atoms with Gasteiger partial charge in [-0.2, -0.15) is 5.11 Å². The van der Waals surface area contributed by atoms with Gasteiger partial charge >= 0.3 is 0 Å². The first-order chi connectivity index (χ1) is 10.4. The van der Waals surface area contributed by atoms with Gasteiger partial charge in [-0.15, -0.1) is 5.11 Å². The van der Waals surface area contributed by atoms with Crippen molar-refractivity contribution in [1.82, 2.24) is 5.32 Å². The zero-order valence-electron chi connectivity index (χ0n) is 13.5. The highest BCUT2D eigenvalue weighted by atomic mass is 16.5. The molecule has 0 saturated carbocycles. The molecule has 1 fully saturated rings. The van der Waals surface area contributed by atoms with Crippen LogP contribution in [0.4, 0.5) is 0 Å². The first-order valence-corrected chi connectivity index (χ1v) is 8.18. The largest absolute Gasteiger partial charge is 0.378 e. The van der Waals surface area contributed by atoms with E-state index in [1.54, 1.807) is 0 Å². The van der Waals surface area contributed by atoms with E-state index in [0.29, 0.717) is 25.4 Å². The number of Topliss-reactive ketones (excluding diaryl/α,β-unsaturated/α-hetero) is 1. The molecule has 3 heterocycles. The van der Waals surface area contributed by atoms with Crippen LogP contribution in [0, 0.1) is 10.8 Å². The Hall–Kier alpha value is -1.49. The number of ketones is 1. The molecule has 0 amide bonds. The fourth-order valence-corrected chi connectivity index (χ4v) is 4.65. The van der Waals surface area contributed by atoms with Crippen molar-refractivity contribution in [2.75, 3.05) is 13.2 Å². The second-order valence-electron chi connectivity index (χ2n) is 7.86. The second kappa shape index (κ2) is 4.51. The lowest BCUT2D eigenvalue weighted by Crippen LogP contribution is -2.47. The van der Waals surface area contributed by atoms with Crippen molar-refractivity contribution in [1.29, 1.82) is 0 Å². The molecule has 1 aliphatic carbocycles. The Kier molecular flexibility index (Phi) is 2.89. The molecular weight excluding hydrogens is 278 g/mol. The number of nitrogens with zero attached hydrogens (tertiary/aromatic N) is 2. The maximum Gasteiger partial charge on any atom is 0.162 e. The number of hydrogen-bond acceptors (Lipinski definition) is 5. The smallest absolute Gasteiger partial charge is 0.162 e. The van der Waals surface area contributed by atoms with Crippen molar-refractivity contribution in [3.8, 4) is 0 Å². The summed E-state index contributed by atoms with van der Waals surface area (Å²) in [6.45, 7) is 7.74. The number of rotatable bonds is 0. The van der Waals surface area contributed by atoms with Crippen molar-refractivity contribution >= 4 is 5.78 Å². The van der Waals surface area contributed by atoms with Crippen molar-refractivity contribution in [3.05, 3.63) is 22.7 Å². The van der Waals surface area contributed by atoms with Crippen LogP contribution < -0.4 is 5.32 Å². The quantitative estimate of drug-likeness (QED) is 0.748.